The molecule has 0 saturated carbocycles. The second-order valence-electron chi connectivity index (χ2n) is 6.69. The van der Waals surface area contributed by atoms with Gasteiger partial charge in [-0.3, -0.25) is 0 Å². The Morgan fingerprint density at radius 1 is 1.29 bits per heavy atom. The number of nitrogens with two attached hydrogens (primary N) is 1. The average Bonchev–Trinajstić information content (AvgIpc) is 2.51. The van der Waals surface area contributed by atoms with Crippen LogP contribution in [0.5, 0.6) is 5.75 Å². The van der Waals surface area contributed by atoms with E-state index in [1.165, 1.54) is 0 Å². The molecule has 1 aromatic rings. The number of halogens is 2. The number of hydrogen-bond donors (Lipinski definition) is 1. The predicted molar refractivity (Wildman–Crippen MR) is 87.5 cm³/mol. The topological polar surface area (TPSA) is 44.5 Å². The largest absolute Gasteiger partial charge is 0.485 e. The Morgan fingerprint density at radius 3 is 2.48 bits per heavy atom. The molecule has 1 fully saturated rings. The van der Waals surface area contributed by atoms with Crippen LogP contribution in [-0.4, -0.2) is 23.9 Å². The molecular formula is C16H23Cl2NO2. The first-order valence-electron chi connectivity index (χ1n) is 7.19. The van der Waals surface area contributed by atoms with Gasteiger partial charge in [-0.15, -0.1) is 0 Å². The Bertz CT molecular complexity index is 529. The van der Waals surface area contributed by atoms with Gasteiger partial charge in [-0.1, -0.05) is 23.2 Å². The van der Waals surface area contributed by atoms with Gasteiger partial charge in [0.05, 0.1) is 10.6 Å². The van der Waals surface area contributed by atoms with Gasteiger partial charge in [0.2, 0.25) is 0 Å². The number of ether oxygens (including phenoxy) is 2. The molecule has 0 aliphatic carbocycles. The van der Waals surface area contributed by atoms with E-state index < -0.39 is 0 Å². The molecule has 0 spiro atoms. The summed E-state index contributed by atoms with van der Waals surface area (Å²) < 4.78 is 12.3. The lowest BCUT2D eigenvalue weighted by atomic mass is 9.97. The summed E-state index contributed by atoms with van der Waals surface area (Å²) in [5.74, 6) is 0.672. The predicted octanol–water partition coefficient (Wildman–Crippen LogP) is 4.22. The monoisotopic (exact) mass is 331 g/mol. The van der Waals surface area contributed by atoms with Crippen LogP contribution < -0.4 is 10.5 Å². The second-order valence-corrected chi connectivity index (χ2v) is 7.53. The van der Waals surface area contributed by atoms with Crippen molar-refractivity contribution in [1.82, 2.24) is 0 Å². The molecule has 5 heteroatoms. The molecule has 1 heterocycles. The molecule has 0 amide bonds. The molecule has 1 aromatic carbocycles. The van der Waals surface area contributed by atoms with Crippen molar-refractivity contribution in [3.63, 3.8) is 0 Å². The zero-order chi connectivity index (χ0) is 15.8. The van der Waals surface area contributed by atoms with Gasteiger partial charge in [-0.25, -0.2) is 0 Å². The van der Waals surface area contributed by atoms with Crippen molar-refractivity contribution in [2.24, 2.45) is 5.73 Å². The lowest BCUT2D eigenvalue weighted by Crippen LogP contribution is -2.37. The molecule has 2 N–H and O–H groups in total. The normalized spacial score (nSPS) is 23.3. The standard InChI is InChI=1S/C16H23Cl2NO2/c1-15(2)9-13(16(3,4)21-15)20-14-10(5-6-19)7-11(17)8-12(14)18/h7-8,13H,5-6,9,19H2,1-4H3. The van der Waals surface area contributed by atoms with Gasteiger partial charge in [-0.05, 0) is 58.4 Å². The summed E-state index contributed by atoms with van der Waals surface area (Å²) >= 11 is 12.4. The smallest absolute Gasteiger partial charge is 0.141 e. The van der Waals surface area contributed by atoms with Gasteiger partial charge in [0, 0.05) is 11.4 Å². The Hall–Kier alpha value is -0.480. The minimum Gasteiger partial charge on any atom is -0.485 e. The maximum absolute atomic E-state index is 6.32. The van der Waals surface area contributed by atoms with Crippen LogP contribution in [0.25, 0.3) is 0 Å². The first-order valence-corrected chi connectivity index (χ1v) is 7.95. The van der Waals surface area contributed by atoms with E-state index in [9.17, 15) is 0 Å². The summed E-state index contributed by atoms with van der Waals surface area (Å²) in [6, 6.07) is 3.57. The fourth-order valence-corrected chi connectivity index (χ4v) is 3.50. The van der Waals surface area contributed by atoms with Crippen molar-refractivity contribution in [1.29, 1.82) is 0 Å². The summed E-state index contributed by atoms with van der Waals surface area (Å²) in [6.07, 6.45) is 1.41. The average molecular weight is 332 g/mol. The van der Waals surface area contributed by atoms with E-state index in [2.05, 4.69) is 13.8 Å². The first kappa shape index (κ1) is 16.9. The fourth-order valence-electron chi connectivity index (χ4n) is 2.92. The Kier molecular flexibility index (Phi) is 4.79. The van der Waals surface area contributed by atoms with Gasteiger partial charge in [0.25, 0.3) is 0 Å². The third-order valence-electron chi connectivity index (χ3n) is 3.75. The quantitative estimate of drug-likeness (QED) is 0.898. The van der Waals surface area contributed by atoms with Gasteiger partial charge >= 0.3 is 0 Å². The zero-order valence-corrected chi connectivity index (χ0v) is 14.5. The van der Waals surface area contributed by atoms with Crippen LogP contribution in [0.3, 0.4) is 0 Å². The van der Waals surface area contributed by atoms with Gasteiger partial charge in [-0.2, -0.15) is 0 Å². The Labute approximate surface area is 136 Å². The molecule has 0 aromatic heterocycles. The van der Waals surface area contributed by atoms with Crippen molar-refractivity contribution < 1.29 is 9.47 Å². The molecule has 3 nitrogen and oxygen atoms in total. The molecular weight excluding hydrogens is 309 g/mol. The summed E-state index contributed by atoms with van der Waals surface area (Å²) in [6.45, 7) is 8.74. The van der Waals surface area contributed by atoms with Gasteiger partial charge in [0.15, 0.2) is 0 Å². The van der Waals surface area contributed by atoms with Crippen LogP contribution in [0.4, 0.5) is 0 Å². The van der Waals surface area contributed by atoms with Crippen LogP contribution in [-0.2, 0) is 11.2 Å². The second kappa shape index (κ2) is 5.96. The highest BCUT2D eigenvalue weighted by Gasteiger charge is 2.47. The van der Waals surface area contributed by atoms with E-state index in [-0.39, 0.29) is 17.3 Å². The summed E-state index contributed by atoms with van der Waals surface area (Å²) in [5.41, 5.74) is 6.03. The van der Waals surface area contributed by atoms with Crippen molar-refractivity contribution in [2.75, 3.05) is 6.54 Å². The first-order chi connectivity index (χ1) is 9.64. The molecule has 1 aliphatic rings. The van der Waals surface area contributed by atoms with E-state index >= 15 is 0 Å². The maximum atomic E-state index is 6.32. The lowest BCUT2D eigenvalue weighted by Gasteiger charge is -2.28. The lowest BCUT2D eigenvalue weighted by molar-refractivity contribution is -0.0846. The zero-order valence-electron chi connectivity index (χ0n) is 13.0. The van der Waals surface area contributed by atoms with Crippen molar-refractivity contribution >= 4 is 23.2 Å². The van der Waals surface area contributed by atoms with Crippen molar-refractivity contribution in [3.05, 3.63) is 27.7 Å². The highest BCUT2D eigenvalue weighted by molar-refractivity contribution is 6.35. The molecule has 2 rings (SSSR count). The van der Waals surface area contributed by atoms with E-state index in [1.54, 1.807) is 6.07 Å². The molecule has 1 atom stereocenters. The molecule has 1 aliphatic heterocycles. The number of rotatable bonds is 4. The van der Waals surface area contributed by atoms with Crippen LogP contribution in [0, 0.1) is 0 Å². The van der Waals surface area contributed by atoms with Crippen LogP contribution in [0.1, 0.15) is 39.7 Å². The molecule has 0 bridgehead atoms. The molecule has 118 valence electrons. The van der Waals surface area contributed by atoms with E-state index in [1.807, 2.05) is 19.9 Å². The molecule has 0 radical (unpaired) electrons. The van der Waals surface area contributed by atoms with Gasteiger partial charge < -0.3 is 15.2 Å². The van der Waals surface area contributed by atoms with Crippen molar-refractivity contribution in [3.8, 4) is 5.75 Å². The Balaban J connectivity index is 2.31. The van der Waals surface area contributed by atoms with E-state index in [0.717, 1.165) is 12.0 Å². The summed E-state index contributed by atoms with van der Waals surface area (Å²) in [5, 5.41) is 1.12. The Morgan fingerprint density at radius 2 is 1.95 bits per heavy atom. The minimum atomic E-state index is -0.369. The molecule has 21 heavy (non-hydrogen) atoms. The molecule has 1 unspecified atom stereocenters. The van der Waals surface area contributed by atoms with E-state index in [4.69, 9.17) is 38.4 Å². The third-order valence-corrected chi connectivity index (χ3v) is 4.25. The number of benzene rings is 1. The van der Waals surface area contributed by atoms with Gasteiger partial charge in [0.1, 0.15) is 17.5 Å². The number of hydrogen-bond acceptors (Lipinski definition) is 3. The SMILES string of the molecule is CC1(C)CC(Oc2c(Cl)cc(Cl)cc2CCN)C(C)(C)O1. The molecule has 1 saturated heterocycles. The summed E-state index contributed by atoms with van der Waals surface area (Å²) in [7, 11) is 0. The van der Waals surface area contributed by atoms with Crippen LogP contribution >= 0.6 is 23.2 Å². The highest BCUT2D eigenvalue weighted by Crippen LogP contribution is 2.42. The van der Waals surface area contributed by atoms with Crippen LogP contribution in [0.15, 0.2) is 12.1 Å². The van der Waals surface area contributed by atoms with Crippen LogP contribution in [0.2, 0.25) is 10.0 Å². The van der Waals surface area contributed by atoms with Crippen molar-refractivity contribution in [2.45, 2.75) is 57.8 Å². The third kappa shape index (κ3) is 3.84. The highest BCUT2D eigenvalue weighted by atomic mass is 35.5. The maximum Gasteiger partial charge on any atom is 0.141 e. The summed E-state index contributed by atoms with van der Waals surface area (Å²) in [4.78, 5) is 0. The minimum absolute atomic E-state index is 0.0669. The van der Waals surface area contributed by atoms with E-state index in [0.29, 0.717) is 28.8 Å². The fraction of sp³-hybridized carbons (Fsp3) is 0.625.